The van der Waals surface area contributed by atoms with E-state index in [9.17, 15) is 70.2 Å². The molecule has 3 heterocycles. The number of phenolic OH excluding ortho intramolecular Hbond substituents is 1. The predicted octanol–water partition coefficient (Wildman–Crippen LogP) is 3.17. The van der Waals surface area contributed by atoms with Crippen molar-refractivity contribution >= 4 is 30.4 Å². The Morgan fingerprint density at radius 3 is 2.16 bits per heavy atom. The number of phenols is 1. The van der Waals surface area contributed by atoms with Crippen LogP contribution >= 0.6 is 0 Å². The van der Waals surface area contributed by atoms with Gasteiger partial charge in [0.15, 0.2) is 25.0 Å². The zero-order chi connectivity index (χ0) is 66.6. The van der Waals surface area contributed by atoms with Crippen LogP contribution in [0, 0.1) is 50.2 Å². The lowest BCUT2D eigenvalue weighted by atomic mass is 9.33. The van der Waals surface area contributed by atoms with E-state index in [1.54, 1.807) is 36.4 Å². The number of aldehydes is 2. The standard InChI is InChI=1S/C68H96N2O22/c1-35-56(90-59-54(82)51(79)42(75)33-87-59)53(81)55(83)60(88-35)91-57-52(80)50(70-49(78)14-9-8-10-27-69-58(84)37-17-15-36(16-18-37)32-86-43-13-11-12-41(74)38(43)30-71)44(31-72)89-61(57)92-62(85)68-26-25-63(2,3)28-40(68)39-19-20-46-64(4)23-22-47(76)65(5,34-73)45(64)21-24-66(46,6)67(39,7)29-48(68)77/h11-13,15-19,30,34-35,40,42,44-48,50-57,59-61,72,74-77,79-83H,8-10,14,20-29,31-33H2,1-7H3,(H,69,84)(H,70,78)/t35?,40?,42-,44?,45-,46?,47+,48-,50+,51?,52?,53?,54?,55?,56+,57?,59+,60+,61+,64?,65?,66?,67?,68-/m1/s1. The lowest BCUT2D eigenvalue weighted by molar-refractivity contribution is -0.370. The normalized spacial score (nSPS) is 42.3. The van der Waals surface area contributed by atoms with Crippen molar-refractivity contribution in [2.24, 2.45) is 50.2 Å². The molecule has 24 nitrogen and oxygen atoms in total. The highest BCUT2D eigenvalue weighted by molar-refractivity contribution is 5.94. The van der Waals surface area contributed by atoms with Gasteiger partial charge >= 0.3 is 5.97 Å². The molecule has 24 heteroatoms. The number of carbonyl (C=O) groups excluding carboxylic acids is 5. The van der Waals surface area contributed by atoms with E-state index < -0.39 is 151 Å². The van der Waals surface area contributed by atoms with Crippen LogP contribution in [-0.4, -0.2) is 199 Å². The zero-order valence-corrected chi connectivity index (χ0v) is 53.6. The second-order valence-corrected chi connectivity index (χ2v) is 29.2. The van der Waals surface area contributed by atoms with Gasteiger partial charge in [0.1, 0.15) is 78.6 Å². The van der Waals surface area contributed by atoms with Crippen molar-refractivity contribution in [1.29, 1.82) is 0 Å². The summed E-state index contributed by atoms with van der Waals surface area (Å²) in [4.78, 5) is 66.9. The first-order valence-corrected chi connectivity index (χ1v) is 32.8. The molecule has 2 aromatic carbocycles. The van der Waals surface area contributed by atoms with E-state index in [1.807, 2.05) is 6.92 Å². The molecule has 3 saturated heterocycles. The van der Waals surface area contributed by atoms with Crippen LogP contribution < -0.4 is 15.4 Å². The van der Waals surface area contributed by atoms with E-state index in [-0.39, 0.29) is 78.0 Å². The average Bonchev–Trinajstić information content (AvgIpc) is 0.673. The molecule has 92 heavy (non-hydrogen) atoms. The van der Waals surface area contributed by atoms with Crippen LogP contribution in [0.4, 0.5) is 0 Å². The largest absolute Gasteiger partial charge is 0.507 e. The molecule has 12 N–H and O–H groups in total. The third-order valence-electron chi connectivity index (χ3n) is 23.4. The van der Waals surface area contributed by atoms with E-state index in [1.165, 1.54) is 13.0 Å². The SMILES string of the molecule is CC1O[C@@H](OC2C(O)[C@@H](NC(=O)CCCCCNC(=O)c3ccc(COc4cccc(O)c4C=O)cc3)C(CO)O[C@H]2OC(=O)[C@]23CCC(C)(C)CC2C2=CCC4C5(C)CC[C@H](O)C(C)(C=O)[C@@H]5CCC4(C)C2(C)C[C@H]3O)C(O)C(O)[C@H]1O[C@@H]1OC[C@@H](O)C(O)C1O. The number of ether oxygens (including phenoxy) is 7. The highest BCUT2D eigenvalue weighted by Crippen LogP contribution is 2.76. The Hall–Kier alpha value is -5.03. The first-order valence-electron chi connectivity index (χ1n) is 32.8. The number of aromatic hydroxyl groups is 1. The van der Waals surface area contributed by atoms with Crippen LogP contribution in [0.15, 0.2) is 54.1 Å². The van der Waals surface area contributed by atoms with Gasteiger partial charge in [-0.15, -0.1) is 0 Å². The highest BCUT2D eigenvalue weighted by atomic mass is 16.8. The van der Waals surface area contributed by atoms with Gasteiger partial charge in [-0.25, -0.2) is 0 Å². The van der Waals surface area contributed by atoms with Crippen molar-refractivity contribution in [2.75, 3.05) is 19.8 Å². The first kappa shape index (κ1) is 69.8. The summed E-state index contributed by atoms with van der Waals surface area (Å²) in [6, 6.07) is 9.72. The molecule has 2 aromatic rings. The second-order valence-electron chi connectivity index (χ2n) is 29.2. The van der Waals surface area contributed by atoms with Crippen molar-refractivity contribution in [2.45, 2.75) is 237 Å². The molecule has 7 fully saturated rings. The summed E-state index contributed by atoms with van der Waals surface area (Å²) in [5, 5.41) is 118. The molecule has 0 aromatic heterocycles. The molecular formula is C68H96N2O22. The fraction of sp³-hybridized carbons (Fsp3) is 0.721. The van der Waals surface area contributed by atoms with Crippen molar-refractivity contribution < 1.29 is 108 Å². The molecule has 5 aliphatic carbocycles. The van der Waals surface area contributed by atoms with Crippen molar-refractivity contribution in [3.8, 4) is 11.5 Å². The molecular weight excluding hydrogens is 1200 g/mol. The summed E-state index contributed by atoms with van der Waals surface area (Å²) < 4.78 is 42.3. The molecule has 0 bridgehead atoms. The smallest absolute Gasteiger partial charge is 0.317 e. The Morgan fingerprint density at radius 1 is 0.739 bits per heavy atom. The van der Waals surface area contributed by atoms with Gasteiger partial charge in [0.05, 0.1) is 48.5 Å². The zero-order valence-electron chi connectivity index (χ0n) is 53.6. The summed E-state index contributed by atoms with van der Waals surface area (Å²) in [6.45, 7) is 13.5. The fourth-order valence-corrected chi connectivity index (χ4v) is 17.7. The number of rotatable bonds is 20. The molecule has 14 unspecified atom stereocenters. The first-order chi connectivity index (χ1) is 43.5. The number of allylic oxidation sites excluding steroid dienone is 2. The van der Waals surface area contributed by atoms with Crippen molar-refractivity contribution in [1.82, 2.24) is 10.6 Å². The number of nitrogens with one attached hydrogen (secondary N) is 2. The van der Waals surface area contributed by atoms with Crippen LogP contribution in [0.3, 0.4) is 0 Å². The van der Waals surface area contributed by atoms with E-state index in [0.717, 1.165) is 24.7 Å². The minimum absolute atomic E-state index is 0.0298. The van der Waals surface area contributed by atoms with Crippen LogP contribution in [0.2, 0.25) is 0 Å². The number of aliphatic hydroxyl groups excluding tert-OH is 9. The number of amides is 2. The topological polar surface area (TPSA) is 376 Å². The Morgan fingerprint density at radius 2 is 1.46 bits per heavy atom. The van der Waals surface area contributed by atoms with Crippen molar-refractivity contribution in [3.63, 3.8) is 0 Å². The predicted molar refractivity (Wildman–Crippen MR) is 326 cm³/mol. The summed E-state index contributed by atoms with van der Waals surface area (Å²) in [5.41, 5.74) is -1.94. The molecule has 0 spiro atoms. The Kier molecular flexibility index (Phi) is 20.7. The number of hydrogen-bond acceptors (Lipinski definition) is 22. The van der Waals surface area contributed by atoms with Crippen LogP contribution in [-0.2, 0) is 49.4 Å². The van der Waals surface area contributed by atoms with Gasteiger partial charge in [-0.2, -0.15) is 0 Å². The number of fused-ring (bicyclic) bond motifs is 7. The Bertz CT molecular complexity index is 3020. The molecule has 0 radical (unpaired) electrons. The van der Waals surface area contributed by atoms with E-state index >= 15 is 4.79 Å². The van der Waals surface area contributed by atoms with E-state index in [0.29, 0.717) is 68.8 Å². The van der Waals surface area contributed by atoms with Crippen LogP contribution in [0.5, 0.6) is 11.5 Å². The number of aliphatic hydroxyl groups is 9. The summed E-state index contributed by atoms with van der Waals surface area (Å²) >= 11 is 0. The maximum absolute atomic E-state index is 15.8. The maximum Gasteiger partial charge on any atom is 0.317 e. The highest BCUT2D eigenvalue weighted by Gasteiger charge is 2.72. The second kappa shape index (κ2) is 27.2. The summed E-state index contributed by atoms with van der Waals surface area (Å²) in [6.07, 6.45) is -14.1. The van der Waals surface area contributed by atoms with Gasteiger partial charge in [0, 0.05) is 18.5 Å². The lowest BCUT2D eigenvalue weighted by Crippen LogP contribution is -2.69. The minimum atomic E-state index is -1.99. The molecule has 510 valence electrons. The molecule has 4 saturated carbocycles. The summed E-state index contributed by atoms with van der Waals surface area (Å²) in [5.74, 6) is -2.27. The maximum atomic E-state index is 15.8. The fourth-order valence-electron chi connectivity index (χ4n) is 17.7. The molecule has 24 atom stereocenters. The van der Waals surface area contributed by atoms with E-state index in [4.69, 9.17) is 33.2 Å². The van der Waals surface area contributed by atoms with Gasteiger partial charge < -0.3 is 99.7 Å². The van der Waals surface area contributed by atoms with Gasteiger partial charge in [-0.05, 0) is 147 Å². The monoisotopic (exact) mass is 1290 g/mol. The third kappa shape index (κ3) is 12.6. The number of carbonyl (C=O) groups is 5. The summed E-state index contributed by atoms with van der Waals surface area (Å²) in [7, 11) is 0. The molecule has 8 aliphatic rings. The third-order valence-corrected chi connectivity index (χ3v) is 23.4. The van der Waals surface area contributed by atoms with Gasteiger partial charge in [0.2, 0.25) is 12.2 Å². The van der Waals surface area contributed by atoms with E-state index in [2.05, 4.69) is 51.3 Å². The molecule has 10 rings (SSSR count). The molecule has 3 aliphatic heterocycles. The number of unbranched alkanes of at least 4 members (excludes halogenated alkanes) is 2. The van der Waals surface area contributed by atoms with Crippen LogP contribution in [0.25, 0.3) is 0 Å². The quantitative estimate of drug-likeness (QED) is 0.0392. The van der Waals surface area contributed by atoms with Gasteiger partial charge in [-0.1, -0.05) is 77.8 Å². The van der Waals surface area contributed by atoms with Crippen molar-refractivity contribution in [3.05, 3.63) is 70.8 Å². The lowest BCUT2D eigenvalue weighted by Gasteiger charge is -2.71. The minimum Gasteiger partial charge on any atom is -0.507 e. The van der Waals surface area contributed by atoms with Gasteiger partial charge in [0.25, 0.3) is 5.91 Å². The average molecular weight is 1290 g/mol. The number of esters is 1. The van der Waals surface area contributed by atoms with Crippen LogP contribution in [0.1, 0.15) is 158 Å². The Labute approximate surface area is 536 Å². The number of benzene rings is 2. The Balaban J connectivity index is 0.840. The molecule has 2 amide bonds. The number of hydrogen-bond donors (Lipinski definition) is 12. The van der Waals surface area contributed by atoms with Gasteiger partial charge in [-0.3, -0.25) is 19.2 Å².